The number of aliphatic imine (C=N–C) groups is 1. The minimum atomic E-state index is -4.56. The third kappa shape index (κ3) is 5.63. The van der Waals surface area contributed by atoms with E-state index in [2.05, 4.69) is 30.8 Å². The van der Waals surface area contributed by atoms with Crippen LogP contribution in [0.25, 0.3) is 0 Å². The molecular formula is C25H26F3N9O4. The Morgan fingerprint density at radius 3 is 2.73 bits per heavy atom. The van der Waals surface area contributed by atoms with Gasteiger partial charge in [-0.05, 0) is 19.9 Å². The van der Waals surface area contributed by atoms with Gasteiger partial charge in [0.05, 0.1) is 43.3 Å². The number of aliphatic hydroxyl groups is 1. The van der Waals surface area contributed by atoms with Crippen molar-refractivity contribution in [2.75, 3.05) is 25.0 Å². The smallest absolute Gasteiger partial charge is 0.382 e. The van der Waals surface area contributed by atoms with Crippen molar-refractivity contribution in [3.63, 3.8) is 0 Å². The van der Waals surface area contributed by atoms with Crippen LogP contribution in [0.2, 0.25) is 0 Å². The lowest BCUT2D eigenvalue weighted by Crippen LogP contribution is -2.41. The Morgan fingerprint density at radius 2 is 2.02 bits per heavy atom. The number of aryl methyl sites for hydroxylation is 1. The molecule has 0 aromatic carbocycles. The maximum atomic E-state index is 13.6. The maximum Gasteiger partial charge on any atom is 0.417 e. The molecule has 0 fully saturated rings. The monoisotopic (exact) mass is 573 g/mol. The van der Waals surface area contributed by atoms with Gasteiger partial charge in [-0.2, -0.15) is 13.2 Å². The van der Waals surface area contributed by atoms with Crippen LogP contribution in [0, 0.1) is 6.92 Å². The van der Waals surface area contributed by atoms with E-state index in [9.17, 15) is 27.9 Å². The van der Waals surface area contributed by atoms with Gasteiger partial charge in [-0.3, -0.25) is 19.5 Å². The SMILES string of the molecule is Cc1cc(CN2C(=O)CN(C)c3ncn([C@@H](C)C(O)NC4=CNCC(c5cncc(C(F)(F)F)c5)=N4)c3C2=O)no1. The fourth-order valence-electron chi connectivity index (χ4n) is 4.44. The van der Waals surface area contributed by atoms with Crippen molar-refractivity contribution < 1.29 is 32.4 Å². The van der Waals surface area contributed by atoms with E-state index >= 15 is 0 Å². The summed E-state index contributed by atoms with van der Waals surface area (Å²) in [6.07, 6.45) is -1.03. The Hall–Kier alpha value is -4.73. The molecule has 5 heterocycles. The highest BCUT2D eigenvalue weighted by Gasteiger charge is 2.37. The summed E-state index contributed by atoms with van der Waals surface area (Å²) in [5, 5.41) is 20.6. The minimum absolute atomic E-state index is 0.0851. The van der Waals surface area contributed by atoms with Crippen LogP contribution < -0.4 is 15.5 Å². The zero-order chi connectivity index (χ0) is 29.5. The van der Waals surface area contributed by atoms with Gasteiger partial charge in [0.15, 0.2) is 11.5 Å². The predicted molar refractivity (Wildman–Crippen MR) is 137 cm³/mol. The molecule has 3 aromatic rings. The van der Waals surface area contributed by atoms with Crippen molar-refractivity contribution >= 4 is 23.3 Å². The highest BCUT2D eigenvalue weighted by atomic mass is 19.4. The average molecular weight is 574 g/mol. The number of alkyl halides is 3. The first-order chi connectivity index (χ1) is 19.4. The zero-order valence-corrected chi connectivity index (χ0v) is 22.2. The highest BCUT2D eigenvalue weighted by Crippen LogP contribution is 2.30. The van der Waals surface area contributed by atoms with Crippen molar-refractivity contribution in [2.24, 2.45) is 4.99 Å². The number of nitrogens with one attached hydrogen (secondary N) is 2. The molecule has 0 saturated carbocycles. The van der Waals surface area contributed by atoms with Gasteiger partial charge in [0.25, 0.3) is 5.91 Å². The van der Waals surface area contributed by atoms with Gasteiger partial charge in [0.1, 0.15) is 23.5 Å². The molecule has 216 valence electrons. The summed E-state index contributed by atoms with van der Waals surface area (Å²) >= 11 is 0. The summed E-state index contributed by atoms with van der Waals surface area (Å²) in [5.74, 6) is -0.143. The van der Waals surface area contributed by atoms with Crippen LogP contribution in [-0.4, -0.2) is 73.6 Å². The molecule has 2 amide bonds. The number of carbonyl (C=O) groups excluding carboxylic acids is 2. The second-order valence-electron chi connectivity index (χ2n) is 9.65. The van der Waals surface area contributed by atoms with Gasteiger partial charge in [-0.15, -0.1) is 0 Å². The number of carbonyl (C=O) groups is 2. The minimum Gasteiger partial charge on any atom is -0.382 e. The number of aromatic nitrogens is 4. The first-order valence-corrected chi connectivity index (χ1v) is 12.5. The van der Waals surface area contributed by atoms with E-state index in [4.69, 9.17) is 4.52 Å². The van der Waals surface area contributed by atoms with E-state index in [-0.39, 0.29) is 48.2 Å². The fraction of sp³-hybridized carbons (Fsp3) is 0.360. The number of halogens is 3. The second-order valence-corrected chi connectivity index (χ2v) is 9.65. The Labute approximate surface area is 231 Å². The summed E-state index contributed by atoms with van der Waals surface area (Å²) in [6.45, 7) is 3.25. The molecule has 2 atom stereocenters. The van der Waals surface area contributed by atoms with Gasteiger partial charge in [-0.1, -0.05) is 5.16 Å². The molecule has 0 spiro atoms. The molecule has 0 aliphatic carbocycles. The molecule has 2 aliphatic rings. The van der Waals surface area contributed by atoms with Crippen molar-refractivity contribution in [3.8, 4) is 0 Å². The van der Waals surface area contributed by atoms with Crippen molar-refractivity contribution in [1.29, 1.82) is 0 Å². The number of aliphatic hydroxyl groups excluding tert-OH is 1. The average Bonchev–Trinajstić information content (AvgIpc) is 3.55. The summed E-state index contributed by atoms with van der Waals surface area (Å²) in [6, 6.07) is 1.77. The third-order valence-corrected chi connectivity index (χ3v) is 6.61. The van der Waals surface area contributed by atoms with Gasteiger partial charge >= 0.3 is 6.18 Å². The number of nitrogens with zero attached hydrogens (tertiary/aromatic N) is 7. The lowest BCUT2D eigenvalue weighted by Gasteiger charge is -2.26. The van der Waals surface area contributed by atoms with E-state index in [1.165, 1.54) is 23.3 Å². The largest absolute Gasteiger partial charge is 0.417 e. The van der Waals surface area contributed by atoms with E-state index < -0.39 is 35.8 Å². The molecule has 0 saturated heterocycles. The molecule has 3 aromatic heterocycles. The Kier molecular flexibility index (Phi) is 7.25. The molecule has 41 heavy (non-hydrogen) atoms. The zero-order valence-electron chi connectivity index (χ0n) is 22.2. The highest BCUT2D eigenvalue weighted by molar-refractivity contribution is 6.09. The van der Waals surface area contributed by atoms with Crippen molar-refractivity contribution in [3.05, 3.63) is 71.1 Å². The number of amides is 2. The van der Waals surface area contributed by atoms with E-state index in [1.54, 1.807) is 31.9 Å². The van der Waals surface area contributed by atoms with Crippen LogP contribution in [-0.2, 0) is 17.5 Å². The first-order valence-electron chi connectivity index (χ1n) is 12.5. The summed E-state index contributed by atoms with van der Waals surface area (Å²) in [5.41, 5.74) is 0.0262. The van der Waals surface area contributed by atoms with Crippen molar-refractivity contribution in [2.45, 2.75) is 38.8 Å². The van der Waals surface area contributed by atoms with Crippen LogP contribution in [0.1, 0.15) is 46.0 Å². The van der Waals surface area contributed by atoms with Gasteiger partial charge in [0, 0.05) is 37.3 Å². The van der Waals surface area contributed by atoms with Crippen LogP contribution in [0.4, 0.5) is 19.0 Å². The number of imidazole rings is 1. The number of pyridine rings is 1. The molecule has 3 N–H and O–H groups in total. The molecule has 16 heteroatoms. The van der Waals surface area contributed by atoms with Gasteiger partial charge < -0.3 is 29.7 Å². The summed E-state index contributed by atoms with van der Waals surface area (Å²) < 4.78 is 45.9. The number of hydrogen-bond donors (Lipinski definition) is 3. The summed E-state index contributed by atoms with van der Waals surface area (Å²) in [4.78, 5) is 41.5. The topological polar surface area (TPSA) is 154 Å². The fourth-order valence-corrected chi connectivity index (χ4v) is 4.44. The molecule has 0 radical (unpaired) electrons. The number of imide groups is 1. The molecule has 2 aliphatic heterocycles. The maximum absolute atomic E-state index is 13.6. The lowest BCUT2D eigenvalue weighted by molar-refractivity contribution is -0.137. The van der Waals surface area contributed by atoms with E-state index in [0.717, 1.165) is 17.2 Å². The van der Waals surface area contributed by atoms with Gasteiger partial charge in [0.2, 0.25) is 5.91 Å². The number of fused-ring (bicyclic) bond motifs is 1. The van der Waals surface area contributed by atoms with Crippen LogP contribution >= 0.6 is 0 Å². The molecular weight excluding hydrogens is 547 g/mol. The molecule has 13 nitrogen and oxygen atoms in total. The number of hydrogen-bond acceptors (Lipinski definition) is 11. The normalized spacial score (nSPS) is 17.3. The Balaban J connectivity index is 1.37. The lowest BCUT2D eigenvalue weighted by atomic mass is 10.1. The quantitative estimate of drug-likeness (QED) is 0.280. The van der Waals surface area contributed by atoms with Crippen LogP contribution in [0.3, 0.4) is 0 Å². The predicted octanol–water partition coefficient (Wildman–Crippen LogP) is 1.57. The van der Waals surface area contributed by atoms with E-state index in [0.29, 0.717) is 11.5 Å². The van der Waals surface area contributed by atoms with Gasteiger partial charge in [-0.25, -0.2) is 9.98 Å². The Bertz CT molecular complexity index is 1540. The number of likely N-dealkylation sites (N-methyl/N-ethyl adjacent to an activating group) is 1. The van der Waals surface area contributed by atoms with Crippen molar-refractivity contribution in [1.82, 2.24) is 35.2 Å². The molecule has 1 unspecified atom stereocenters. The second kappa shape index (κ2) is 10.7. The van der Waals surface area contributed by atoms with E-state index in [1.807, 2.05) is 0 Å². The molecule has 5 rings (SSSR count). The number of rotatable bonds is 7. The third-order valence-electron chi connectivity index (χ3n) is 6.61. The van der Waals surface area contributed by atoms with Crippen LogP contribution in [0.5, 0.6) is 0 Å². The summed E-state index contributed by atoms with van der Waals surface area (Å²) in [7, 11) is 1.63. The Morgan fingerprint density at radius 1 is 1.24 bits per heavy atom. The first kappa shape index (κ1) is 27.8. The van der Waals surface area contributed by atoms with Crippen LogP contribution in [0.15, 0.2) is 52.4 Å². The molecule has 0 bridgehead atoms. The number of anilines is 1. The standard InChI is InChI=1S/C25H26F3N9O4/c1-13-4-17(34-41-13)10-36-20(38)11-35(3)22-21(24(36)40)37(12-31-22)14(2)23(39)33-19-9-30-8-18(32-19)15-5-16(7-29-6-15)25(26,27)28/h4-7,9,12,14,23,30,33,39H,8,10-11H2,1-3H3/t14-,23?/m0/s1.